The molecule has 0 saturated heterocycles. The molecule has 5 nitrogen and oxygen atoms in total. The number of aryl methyl sites for hydroxylation is 2. The molecule has 0 saturated carbocycles. The maximum atomic E-state index is 13.0. The lowest BCUT2D eigenvalue weighted by molar-refractivity contribution is 0.102. The summed E-state index contributed by atoms with van der Waals surface area (Å²) in [4.78, 5) is 17.8. The normalized spacial score (nSPS) is 10.9. The van der Waals surface area contributed by atoms with E-state index < -0.39 is 0 Å². The summed E-state index contributed by atoms with van der Waals surface area (Å²) in [6.45, 7) is 4.71. The highest BCUT2D eigenvalue weighted by atomic mass is 16.1. The molecule has 1 N–H and O–H groups in total. The summed E-state index contributed by atoms with van der Waals surface area (Å²) in [6.07, 6.45) is 1.71. The van der Waals surface area contributed by atoms with Gasteiger partial charge in [0.2, 0.25) is 0 Å². The molecule has 134 valence electrons. The summed E-state index contributed by atoms with van der Waals surface area (Å²) >= 11 is 0. The fourth-order valence-electron chi connectivity index (χ4n) is 3.06. The number of amides is 1. The second-order valence-corrected chi connectivity index (χ2v) is 6.44. The smallest absolute Gasteiger partial charge is 0.256 e. The van der Waals surface area contributed by atoms with Gasteiger partial charge in [-0.25, -0.2) is 9.67 Å². The summed E-state index contributed by atoms with van der Waals surface area (Å²) in [5, 5.41) is 8.12. The van der Waals surface area contributed by atoms with Crippen molar-refractivity contribution in [3.8, 4) is 11.3 Å². The molecule has 0 aliphatic carbocycles. The van der Waals surface area contributed by atoms with Crippen molar-refractivity contribution < 1.29 is 4.79 Å². The van der Waals surface area contributed by atoms with Crippen molar-refractivity contribution in [1.82, 2.24) is 14.8 Å². The minimum absolute atomic E-state index is 0.168. The Morgan fingerprint density at radius 1 is 1.07 bits per heavy atom. The first kappa shape index (κ1) is 17.0. The van der Waals surface area contributed by atoms with Crippen LogP contribution in [0.1, 0.15) is 22.8 Å². The van der Waals surface area contributed by atoms with Crippen LogP contribution in [-0.2, 0) is 6.54 Å². The van der Waals surface area contributed by atoms with Crippen molar-refractivity contribution >= 4 is 22.6 Å². The van der Waals surface area contributed by atoms with E-state index in [9.17, 15) is 4.79 Å². The number of rotatable bonds is 4. The Bertz CT molecular complexity index is 1100. The lowest BCUT2D eigenvalue weighted by Gasteiger charge is -2.09. The van der Waals surface area contributed by atoms with Crippen LogP contribution in [-0.4, -0.2) is 20.7 Å². The van der Waals surface area contributed by atoms with Crippen molar-refractivity contribution in [1.29, 1.82) is 0 Å². The van der Waals surface area contributed by atoms with E-state index in [4.69, 9.17) is 4.98 Å². The third-order valence-corrected chi connectivity index (χ3v) is 4.53. The van der Waals surface area contributed by atoms with Gasteiger partial charge in [-0.05, 0) is 32.0 Å². The minimum Gasteiger partial charge on any atom is -0.322 e. The summed E-state index contributed by atoms with van der Waals surface area (Å²) in [5.41, 5.74) is 4.92. The van der Waals surface area contributed by atoms with Gasteiger partial charge in [-0.1, -0.05) is 48.0 Å². The average Bonchev–Trinajstić information content (AvgIpc) is 3.12. The van der Waals surface area contributed by atoms with Gasteiger partial charge in [-0.15, -0.1) is 0 Å². The molecule has 0 atom stereocenters. The Labute approximate surface area is 157 Å². The first-order valence-corrected chi connectivity index (χ1v) is 8.95. The summed E-state index contributed by atoms with van der Waals surface area (Å²) in [5.74, 6) is -0.168. The van der Waals surface area contributed by atoms with E-state index in [0.29, 0.717) is 17.8 Å². The van der Waals surface area contributed by atoms with Gasteiger partial charge in [-0.3, -0.25) is 4.79 Å². The van der Waals surface area contributed by atoms with E-state index in [1.807, 2.05) is 79.2 Å². The van der Waals surface area contributed by atoms with Gasteiger partial charge in [0.15, 0.2) is 5.65 Å². The number of anilines is 1. The highest BCUT2D eigenvalue weighted by Crippen LogP contribution is 2.25. The number of aromatic nitrogens is 3. The zero-order valence-corrected chi connectivity index (χ0v) is 15.3. The SMILES string of the molecule is CCn1ncc2c(C(=O)Nc3ccc(C)cc3)cc(-c3ccccc3)nc21. The fraction of sp³-hybridized carbons (Fsp3) is 0.136. The zero-order valence-electron chi connectivity index (χ0n) is 15.3. The molecular formula is C22H20N4O. The Morgan fingerprint density at radius 3 is 2.52 bits per heavy atom. The van der Waals surface area contributed by atoms with E-state index in [1.165, 1.54) is 0 Å². The third-order valence-electron chi connectivity index (χ3n) is 4.53. The molecule has 27 heavy (non-hydrogen) atoms. The Morgan fingerprint density at radius 2 is 1.81 bits per heavy atom. The number of pyridine rings is 1. The van der Waals surface area contributed by atoms with Crippen molar-refractivity contribution in [2.45, 2.75) is 20.4 Å². The molecule has 0 aliphatic rings. The highest BCUT2D eigenvalue weighted by molar-refractivity contribution is 6.12. The monoisotopic (exact) mass is 356 g/mol. The molecule has 2 aromatic heterocycles. The van der Waals surface area contributed by atoms with Gasteiger partial charge >= 0.3 is 0 Å². The van der Waals surface area contributed by atoms with Crippen LogP contribution in [0.15, 0.2) is 66.9 Å². The Balaban J connectivity index is 1.81. The van der Waals surface area contributed by atoms with E-state index in [0.717, 1.165) is 27.9 Å². The lowest BCUT2D eigenvalue weighted by Crippen LogP contribution is -2.13. The van der Waals surface area contributed by atoms with E-state index >= 15 is 0 Å². The molecule has 0 spiro atoms. The van der Waals surface area contributed by atoms with Crippen molar-refractivity contribution in [3.05, 3.63) is 78.0 Å². The van der Waals surface area contributed by atoms with E-state index in [2.05, 4.69) is 10.4 Å². The summed E-state index contributed by atoms with van der Waals surface area (Å²) in [7, 11) is 0. The maximum absolute atomic E-state index is 13.0. The lowest BCUT2D eigenvalue weighted by atomic mass is 10.1. The van der Waals surface area contributed by atoms with Crippen LogP contribution in [0.5, 0.6) is 0 Å². The number of hydrogen-bond acceptors (Lipinski definition) is 3. The molecular weight excluding hydrogens is 336 g/mol. The van der Waals surface area contributed by atoms with E-state index in [1.54, 1.807) is 6.20 Å². The Kier molecular flexibility index (Phi) is 4.42. The summed E-state index contributed by atoms with van der Waals surface area (Å²) < 4.78 is 1.81. The van der Waals surface area contributed by atoms with Crippen LogP contribution in [0.3, 0.4) is 0 Å². The number of nitrogens with one attached hydrogen (secondary N) is 1. The molecule has 0 unspecified atom stereocenters. The third kappa shape index (κ3) is 3.31. The molecule has 0 radical (unpaired) electrons. The molecule has 0 aliphatic heterocycles. The predicted molar refractivity (Wildman–Crippen MR) is 108 cm³/mol. The van der Waals surface area contributed by atoms with Crippen molar-refractivity contribution in [3.63, 3.8) is 0 Å². The quantitative estimate of drug-likeness (QED) is 0.577. The van der Waals surface area contributed by atoms with Crippen LogP contribution in [0.4, 0.5) is 5.69 Å². The molecule has 4 aromatic rings. The molecule has 1 amide bonds. The standard InChI is InChI=1S/C22H20N4O/c1-3-26-21-19(14-23-26)18(13-20(25-21)16-7-5-4-6-8-16)22(27)24-17-11-9-15(2)10-12-17/h4-14H,3H2,1-2H3,(H,24,27). The van der Waals surface area contributed by atoms with Crippen LogP contribution in [0, 0.1) is 6.92 Å². The topological polar surface area (TPSA) is 59.8 Å². The van der Waals surface area contributed by atoms with Gasteiger partial charge in [0, 0.05) is 17.8 Å². The number of hydrogen-bond donors (Lipinski definition) is 1. The molecule has 0 fully saturated rings. The predicted octanol–water partition coefficient (Wildman–Crippen LogP) is 4.68. The number of benzene rings is 2. The van der Waals surface area contributed by atoms with Crippen LogP contribution < -0.4 is 5.32 Å². The minimum atomic E-state index is -0.168. The van der Waals surface area contributed by atoms with Gasteiger partial charge in [0.25, 0.3) is 5.91 Å². The molecule has 4 rings (SSSR count). The largest absolute Gasteiger partial charge is 0.322 e. The van der Waals surface area contributed by atoms with Gasteiger partial charge in [0.1, 0.15) is 0 Å². The maximum Gasteiger partial charge on any atom is 0.256 e. The molecule has 5 heteroatoms. The summed E-state index contributed by atoms with van der Waals surface area (Å²) in [6, 6.07) is 19.5. The number of nitrogens with zero attached hydrogens (tertiary/aromatic N) is 3. The Hall–Kier alpha value is -3.47. The second-order valence-electron chi connectivity index (χ2n) is 6.44. The molecule has 2 heterocycles. The van der Waals surface area contributed by atoms with Crippen LogP contribution in [0.2, 0.25) is 0 Å². The fourth-order valence-corrected chi connectivity index (χ4v) is 3.06. The zero-order chi connectivity index (χ0) is 18.8. The highest BCUT2D eigenvalue weighted by Gasteiger charge is 2.17. The van der Waals surface area contributed by atoms with Crippen LogP contribution in [0.25, 0.3) is 22.3 Å². The second kappa shape index (κ2) is 7.03. The van der Waals surface area contributed by atoms with Gasteiger partial charge in [-0.2, -0.15) is 5.10 Å². The molecule has 2 aromatic carbocycles. The number of carbonyl (C=O) groups is 1. The number of fused-ring (bicyclic) bond motifs is 1. The van der Waals surface area contributed by atoms with Crippen LogP contribution >= 0.6 is 0 Å². The van der Waals surface area contributed by atoms with Gasteiger partial charge in [0.05, 0.1) is 22.8 Å². The first-order valence-electron chi connectivity index (χ1n) is 8.95. The molecule has 0 bridgehead atoms. The van der Waals surface area contributed by atoms with E-state index in [-0.39, 0.29) is 5.91 Å². The van der Waals surface area contributed by atoms with Crippen molar-refractivity contribution in [2.75, 3.05) is 5.32 Å². The average molecular weight is 356 g/mol. The first-order chi connectivity index (χ1) is 13.2. The van der Waals surface area contributed by atoms with Crippen molar-refractivity contribution in [2.24, 2.45) is 0 Å². The van der Waals surface area contributed by atoms with Gasteiger partial charge < -0.3 is 5.32 Å². The number of carbonyl (C=O) groups excluding carboxylic acids is 1.